The number of aliphatic hydroxyl groups excluding tert-OH is 1. The average Bonchev–Trinajstić information content (AvgIpc) is 2.36. The smallest absolute Gasteiger partial charge is 0.248 e. The number of nitrogens with zero attached hydrogens (tertiary/aromatic N) is 1. The fourth-order valence-corrected chi connectivity index (χ4v) is 2.10. The molecule has 1 atom stereocenters. The number of sulfonamides is 1. The van der Waals surface area contributed by atoms with Crippen LogP contribution >= 0.6 is 0 Å². The molecule has 100 valence electrons. The lowest BCUT2D eigenvalue weighted by Gasteiger charge is -2.10. The van der Waals surface area contributed by atoms with E-state index in [0.717, 1.165) is 5.56 Å². The van der Waals surface area contributed by atoms with Crippen molar-refractivity contribution in [2.24, 2.45) is 0 Å². The van der Waals surface area contributed by atoms with Gasteiger partial charge < -0.3 is 5.11 Å². The summed E-state index contributed by atoms with van der Waals surface area (Å²) in [6.07, 6.45) is 0. The summed E-state index contributed by atoms with van der Waals surface area (Å²) < 4.78 is 25.8. The van der Waals surface area contributed by atoms with E-state index in [1.54, 1.807) is 31.2 Å². The van der Waals surface area contributed by atoms with Crippen molar-refractivity contribution in [1.29, 1.82) is 5.26 Å². The van der Waals surface area contributed by atoms with Gasteiger partial charge in [-0.05, 0) is 37.6 Å². The van der Waals surface area contributed by atoms with E-state index in [4.69, 9.17) is 10.4 Å². The number of nitrogens with one attached hydrogen (secondary N) is 1. The van der Waals surface area contributed by atoms with Gasteiger partial charge in [-0.25, -0.2) is 8.42 Å². The average molecular weight is 278 g/mol. The molecule has 0 aliphatic rings. The van der Waals surface area contributed by atoms with Crippen LogP contribution in [0.4, 0.5) is 5.69 Å². The molecule has 1 aromatic carbocycles. The van der Waals surface area contributed by atoms with Crippen LogP contribution in [-0.2, 0) is 10.0 Å². The Hall–Kier alpha value is -2.02. The zero-order valence-electron chi connectivity index (χ0n) is 10.6. The SMILES string of the molecule is Cc1cc(NS(=O)(=O)C(C)C#N)ccc1C#CCO. The lowest BCUT2D eigenvalue weighted by molar-refractivity contribution is 0.350. The van der Waals surface area contributed by atoms with Crippen molar-refractivity contribution in [1.82, 2.24) is 0 Å². The molecule has 0 aliphatic heterocycles. The third-order valence-electron chi connectivity index (χ3n) is 2.44. The maximum Gasteiger partial charge on any atom is 0.248 e. The minimum Gasteiger partial charge on any atom is -0.384 e. The van der Waals surface area contributed by atoms with Gasteiger partial charge in [0.1, 0.15) is 6.61 Å². The predicted octanol–water partition coefficient (Wildman–Crippen LogP) is 0.993. The molecular weight excluding hydrogens is 264 g/mol. The summed E-state index contributed by atoms with van der Waals surface area (Å²) in [6, 6.07) is 6.53. The first kappa shape index (κ1) is 15.0. The standard InChI is InChI=1S/C13H14N2O3S/c1-10-8-13(6-5-12(10)4-3-7-16)15-19(17,18)11(2)9-14/h5-6,8,11,15-16H,7H2,1-2H3. The zero-order valence-corrected chi connectivity index (χ0v) is 11.5. The summed E-state index contributed by atoms with van der Waals surface area (Å²) in [6.45, 7) is 2.87. The minimum atomic E-state index is -3.70. The molecule has 0 bridgehead atoms. The molecule has 0 heterocycles. The van der Waals surface area contributed by atoms with Crippen molar-refractivity contribution in [3.63, 3.8) is 0 Å². The van der Waals surface area contributed by atoms with Crippen molar-refractivity contribution in [2.45, 2.75) is 19.1 Å². The second kappa shape index (κ2) is 6.24. The normalized spacial score (nSPS) is 11.9. The van der Waals surface area contributed by atoms with Gasteiger partial charge in [0.25, 0.3) is 0 Å². The molecule has 0 saturated carbocycles. The highest BCUT2D eigenvalue weighted by Gasteiger charge is 2.19. The molecule has 1 rings (SSSR count). The Balaban J connectivity index is 3.01. The molecule has 0 spiro atoms. The van der Waals surface area contributed by atoms with E-state index in [0.29, 0.717) is 11.3 Å². The summed E-state index contributed by atoms with van der Waals surface area (Å²) in [7, 11) is -3.70. The number of aryl methyl sites for hydroxylation is 1. The van der Waals surface area contributed by atoms with Crippen LogP contribution in [-0.4, -0.2) is 25.4 Å². The first-order valence-corrected chi connectivity index (χ1v) is 7.07. The minimum absolute atomic E-state index is 0.229. The molecule has 0 radical (unpaired) electrons. The van der Waals surface area contributed by atoms with Crippen molar-refractivity contribution >= 4 is 15.7 Å². The van der Waals surface area contributed by atoms with Gasteiger partial charge in [0.15, 0.2) is 5.25 Å². The fourth-order valence-electron chi connectivity index (χ4n) is 1.32. The summed E-state index contributed by atoms with van der Waals surface area (Å²) >= 11 is 0. The number of rotatable bonds is 3. The zero-order chi connectivity index (χ0) is 14.5. The molecule has 0 aromatic heterocycles. The Kier molecular flexibility index (Phi) is 4.94. The van der Waals surface area contributed by atoms with Crippen molar-refractivity contribution < 1.29 is 13.5 Å². The Morgan fingerprint density at radius 3 is 2.68 bits per heavy atom. The predicted molar refractivity (Wildman–Crippen MR) is 72.8 cm³/mol. The summed E-state index contributed by atoms with van der Waals surface area (Å²) in [5.41, 5.74) is 1.88. The first-order valence-electron chi connectivity index (χ1n) is 5.52. The van der Waals surface area contributed by atoms with Gasteiger partial charge in [0.2, 0.25) is 10.0 Å². The molecule has 0 amide bonds. The molecule has 5 nitrogen and oxygen atoms in total. The number of aliphatic hydroxyl groups is 1. The van der Waals surface area contributed by atoms with Crippen LogP contribution in [0.1, 0.15) is 18.1 Å². The first-order chi connectivity index (χ1) is 8.90. The molecule has 2 N–H and O–H groups in total. The van der Waals surface area contributed by atoms with Gasteiger partial charge in [0.05, 0.1) is 6.07 Å². The second-order valence-corrected chi connectivity index (χ2v) is 5.91. The van der Waals surface area contributed by atoms with E-state index < -0.39 is 15.3 Å². The van der Waals surface area contributed by atoms with E-state index in [1.807, 2.05) is 0 Å². The van der Waals surface area contributed by atoms with Crippen molar-refractivity contribution in [2.75, 3.05) is 11.3 Å². The van der Waals surface area contributed by atoms with Crippen LogP contribution in [0.25, 0.3) is 0 Å². The van der Waals surface area contributed by atoms with Crippen molar-refractivity contribution in [3.8, 4) is 17.9 Å². The number of benzene rings is 1. The number of anilines is 1. The van der Waals surface area contributed by atoms with Gasteiger partial charge in [-0.2, -0.15) is 5.26 Å². The lowest BCUT2D eigenvalue weighted by atomic mass is 10.1. The van der Waals surface area contributed by atoms with E-state index in [-0.39, 0.29) is 6.61 Å². The molecule has 0 saturated heterocycles. The molecule has 0 fully saturated rings. The fraction of sp³-hybridized carbons (Fsp3) is 0.308. The Morgan fingerprint density at radius 2 is 2.16 bits per heavy atom. The van der Waals surface area contributed by atoms with Gasteiger partial charge in [-0.15, -0.1) is 0 Å². The second-order valence-electron chi connectivity index (χ2n) is 3.91. The topological polar surface area (TPSA) is 90.2 Å². The van der Waals surface area contributed by atoms with Crippen LogP contribution in [0.2, 0.25) is 0 Å². The molecule has 19 heavy (non-hydrogen) atoms. The van der Waals surface area contributed by atoms with E-state index in [2.05, 4.69) is 16.6 Å². The number of nitriles is 1. The lowest BCUT2D eigenvalue weighted by Crippen LogP contribution is -2.23. The molecule has 6 heteroatoms. The van der Waals surface area contributed by atoms with Crippen LogP contribution in [0.15, 0.2) is 18.2 Å². The Labute approximate surface area is 112 Å². The monoisotopic (exact) mass is 278 g/mol. The highest BCUT2D eigenvalue weighted by atomic mass is 32.2. The molecule has 1 aromatic rings. The summed E-state index contributed by atoms with van der Waals surface area (Å²) in [5, 5.41) is 16.1. The van der Waals surface area contributed by atoms with Gasteiger partial charge in [-0.1, -0.05) is 11.8 Å². The molecule has 0 aliphatic carbocycles. The van der Waals surface area contributed by atoms with Crippen LogP contribution in [0, 0.1) is 30.1 Å². The quantitative estimate of drug-likeness (QED) is 0.807. The summed E-state index contributed by atoms with van der Waals surface area (Å²) in [5.74, 6) is 5.28. The highest BCUT2D eigenvalue weighted by molar-refractivity contribution is 7.93. The van der Waals surface area contributed by atoms with Gasteiger partial charge in [0, 0.05) is 11.3 Å². The van der Waals surface area contributed by atoms with Crippen molar-refractivity contribution in [3.05, 3.63) is 29.3 Å². The van der Waals surface area contributed by atoms with Crippen LogP contribution in [0.3, 0.4) is 0 Å². The third-order valence-corrected chi connectivity index (χ3v) is 3.99. The van der Waals surface area contributed by atoms with Crippen LogP contribution < -0.4 is 4.72 Å². The largest absolute Gasteiger partial charge is 0.384 e. The van der Waals surface area contributed by atoms with E-state index in [9.17, 15) is 8.42 Å². The summed E-state index contributed by atoms with van der Waals surface area (Å²) in [4.78, 5) is 0. The van der Waals surface area contributed by atoms with Crippen LogP contribution in [0.5, 0.6) is 0 Å². The molecule has 1 unspecified atom stereocenters. The number of hydrogen-bond donors (Lipinski definition) is 2. The maximum absolute atomic E-state index is 11.7. The van der Waals surface area contributed by atoms with E-state index >= 15 is 0 Å². The van der Waals surface area contributed by atoms with Gasteiger partial charge in [-0.3, -0.25) is 4.72 Å². The highest BCUT2D eigenvalue weighted by Crippen LogP contribution is 2.17. The Bertz CT molecular complexity index is 663. The maximum atomic E-state index is 11.7. The third kappa shape index (κ3) is 3.99. The van der Waals surface area contributed by atoms with E-state index in [1.165, 1.54) is 6.92 Å². The van der Waals surface area contributed by atoms with Gasteiger partial charge >= 0.3 is 0 Å². The Morgan fingerprint density at radius 1 is 1.47 bits per heavy atom. The number of hydrogen-bond acceptors (Lipinski definition) is 4. The molecular formula is C13H14N2O3S.